The van der Waals surface area contributed by atoms with Gasteiger partial charge in [-0.15, -0.1) is 22.7 Å². The van der Waals surface area contributed by atoms with E-state index in [0.717, 1.165) is 21.4 Å². The minimum atomic E-state index is -0.965. The SMILES string of the molecule is CN(Cc1csc(C=CC(=O)O)c1)C(=O)Cc1cccs1. The maximum Gasteiger partial charge on any atom is 0.328 e. The van der Waals surface area contributed by atoms with Gasteiger partial charge in [0, 0.05) is 29.4 Å². The van der Waals surface area contributed by atoms with E-state index in [-0.39, 0.29) is 5.91 Å². The number of aliphatic carboxylic acids is 1. The van der Waals surface area contributed by atoms with Crippen LogP contribution in [0.15, 0.2) is 35.0 Å². The fraction of sp³-hybridized carbons (Fsp3) is 0.200. The Morgan fingerprint density at radius 3 is 2.86 bits per heavy atom. The monoisotopic (exact) mass is 321 g/mol. The van der Waals surface area contributed by atoms with Crippen LogP contribution in [0.25, 0.3) is 6.08 Å². The van der Waals surface area contributed by atoms with E-state index in [0.29, 0.717) is 13.0 Å². The van der Waals surface area contributed by atoms with E-state index in [9.17, 15) is 9.59 Å². The highest BCUT2D eigenvalue weighted by molar-refractivity contribution is 7.11. The number of likely N-dealkylation sites (N-methyl/N-ethyl adjacent to an activating group) is 1. The van der Waals surface area contributed by atoms with E-state index < -0.39 is 5.97 Å². The van der Waals surface area contributed by atoms with Crippen molar-refractivity contribution in [2.24, 2.45) is 0 Å². The van der Waals surface area contributed by atoms with Crippen molar-refractivity contribution in [3.63, 3.8) is 0 Å². The highest BCUT2D eigenvalue weighted by atomic mass is 32.1. The number of carboxylic acids is 1. The molecule has 0 radical (unpaired) electrons. The molecule has 2 aromatic heterocycles. The Labute approximate surface area is 131 Å². The van der Waals surface area contributed by atoms with Crippen molar-refractivity contribution in [1.29, 1.82) is 0 Å². The highest BCUT2D eigenvalue weighted by Gasteiger charge is 2.11. The lowest BCUT2D eigenvalue weighted by molar-refractivity contribution is -0.131. The predicted molar refractivity (Wildman–Crippen MR) is 85.5 cm³/mol. The Bertz CT molecular complexity index is 644. The smallest absolute Gasteiger partial charge is 0.328 e. The molecule has 0 fully saturated rings. The molecule has 0 aliphatic heterocycles. The molecule has 0 atom stereocenters. The number of carbonyl (C=O) groups is 2. The van der Waals surface area contributed by atoms with Crippen LogP contribution in [0.5, 0.6) is 0 Å². The van der Waals surface area contributed by atoms with Crippen LogP contribution < -0.4 is 0 Å². The van der Waals surface area contributed by atoms with Gasteiger partial charge in [0.1, 0.15) is 0 Å². The van der Waals surface area contributed by atoms with Crippen molar-refractivity contribution < 1.29 is 14.7 Å². The molecule has 110 valence electrons. The molecular formula is C15H15NO3S2. The van der Waals surface area contributed by atoms with Gasteiger partial charge in [0.05, 0.1) is 6.42 Å². The van der Waals surface area contributed by atoms with Gasteiger partial charge in [-0.05, 0) is 34.5 Å². The quantitative estimate of drug-likeness (QED) is 0.832. The first kappa shape index (κ1) is 15.5. The molecule has 0 aromatic carbocycles. The Hall–Kier alpha value is -1.92. The zero-order valence-corrected chi connectivity index (χ0v) is 13.1. The number of amides is 1. The van der Waals surface area contributed by atoms with Gasteiger partial charge in [-0.25, -0.2) is 4.79 Å². The Kier molecular flexibility index (Phi) is 5.30. The minimum absolute atomic E-state index is 0.0753. The predicted octanol–water partition coefficient (Wildman–Crippen LogP) is 3.11. The first-order valence-electron chi connectivity index (χ1n) is 6.29. The van der Waals surface area contributed by atoms with E-state index in [1.165, 1.54) is 11.3 Å². The van der Waals surface area contributed by atoms with Crippen LogP contribution in [0.4, 0.5) is 0 Å². The summed E-state index contributed by atoms with van der Waals surface area (Å²) in [6.45, 7) is 0.529. The molecule has 0 aliphatic carbocycles. The summed E-state index contributed by atoms with van der Waals surface area (Å²) >= 11 is 3.04. The number of carbonyl (C=O) groups excluding carboxylic acids is 1. The third-order valence-corrected chi connectivity index (χ3v) is 4.64. The lowest BCUT2D eigenvalue weighted by Crippen LogP contribution is -2.27. The maximum absolute atomic E-state index is 12.1. The summed E-state index contributed by atoms with van der Waals surface area (Å²) in [5.41, 5.74) is 1.01. The summed E-state index contributed by atoms with van der Waals surface area (Å²) in [7, 11) is 1.78. The fourth-order valence-corrected chi connectivity index (χ4v) is 3.27. The summed E-state index contributed by atoms with van der Waals surface area (Å²) in [5.74, 6) is -0.889. The number of hydrogen-bond acceptors (Lipinski definition) is 4. The molecule has 1 N–H and O–H groups in total. The molecular weight excluding hydrogens is 306 g/mol. The number of thiophene rings is 2. The molecule has 0 saturated heterocycles. The van der Waals surface area contributed by atoms with Crippen molar-refractivity contribution in [1.82, 2.24) is 4.90 Å². The van der Waals surface area contributed by atoms with Crippen LogP contribution in [0.3, 0.4) is 0 Å². The topological polar surface area (TPSA) is 57.6 Å². The van der Waals surface area contributed by atoms with Crippen LogP contribution >= 0.6 is 22.7 Å². The summed E-state index contributed by atoms with van der Waals surface area (Å²) in [6, 6.07) is 5.79. The molecule has 4 nitrogen and oxygen atoms in total. The number of rotatable bonds is 6. The van der Waals surface area contributed by atoms with E-state index in [1.807, 2.05) is 29.0 Å². The van der Waals surface area contributed by atoms with Crippen LogP contribution in [-0.4, -0.2) is 28.9 Å². The van der Waals surface area contributed by atoms with Crippen molar-refractivity contribution in [2.45, 2.75) is 13.0 Å². The van der Waals surface area contributed by atoms with E-state index >= 15 is 0 Å². The van der Waals surface area contributed by atoms with Gasteiger partial charge in [-0.3, -0.25) is 4.79 Å². The Morgan fingerprint density at radius 2 is 2.19 bits per heavy atom. The third kappa shape index (κ3) is 4.84. The number of hydrogen-bond donors (Lipinski definition) is 1. The van der Waals surface area contributed by atoms with Gasteiger partial charge in [0.15, 0.2) is 0 Å². The Morgan fingerprint density at radius 1 is 1.38 bits per heavy atom. The first-order chi connectivity index (χ1) is 10.0. The first-order valence-corrected chi connectivity index (χ1v) is 8.05. The number of nitrogens with zero attached hydrogens (tertiary/aromatic N) is 1. The standard InChI is InChI=1S/C15H15NO3S2/c1-16(14(17)8-12-3-2-6-20-12)9-11-7-13(21-10-11)4-5-15(18)19/h2-7,10H,8-9H2,1H3,(H,18,19). The Balaban J connectivity index is 1.91. The highest BCUT2D eigenvalue weighted by Crippen LogP contribution is 2.18. The number of carboxylic acid groups (broad SMARTS) is 1. The second-order valence-electron chi connectivity index (χ2n) is 4.53. The average Bonchev–Trinajstić information content (AvgIpc) is 3.08. The van der Waals surface area contributed by atoms with E-state index in [4.69, 9.17) is 5.11 Å². The van der Waals surface area contributed by atoms with Crippen LogP contribution in [0.1, 0.15) is 15.3 Å². The summed E-state index contributed by atoms with van der Waals surface area (Å²) in [4.78, 5) is 26.2. The molecule has 0 bridgehead atoms. The van der Waals surface area contributed by atoms with Gasteiger partial charge < -0.3 is 10.0 Å². The fourth-order valence-electron chi connectivity index (χ4n) is 1.78. The largest absolute Gasteiger partial charge is 0.478 e. The second kappa shape index (κ2) is 7.19. The van der Waals surface area contributed by atoms with Gasteiger partial charge >= 0.3 is 5.97 Å². The molecule has 1 amide bonds. The van der Waals surface area contributed by atoms with Gasteiger partial charge in [-0.1, -0.05) is 6.07 Å². The second-order valence-corrected chi connectivity index (χ2v) is 6.51. The molecule has 6 heteroatoms. The van der Waals surface area contributed by atoms with Gasteiger partial charge in [0.25, 0.3) is 0 Å². The minimum Gasteiger partial charge on any atom is -0.478 e. The van der Waals surface area contributed by atoms with Crippen LogP contribution in [0, 0.1) is 0 Å². The van der Waals surface area contributed by atoms with Gasteiger partial charge in [0.2, 0.25) is 5.91 Å². The zero-order chi connectivity index (χ0) is 15.2. The molecule has 2 rings (SSSR count). The summed E-state index contributed by atoms with van der Waals surface area (Å²) < 4.78 is 0. The van der Waals surface area contributed by atoms with Crippen molar-refractivity contribution in [3.05, 3.63) is 50.4 Å². The average molecular weight is 321 g/mol. The summed E-state index contributed by atoms with van der Waals surface area (Å²) in [6.07, 6.45) is 3.09. The van der Waals surface area contributed by atoms with E-state index in [1.54, 1.807) is 29.4 Å². The normalized spacial score (nSPS) is 10.9. The maximum atomic E-state index is 12.1. The molecule has 0 spiro atoms. The molecule has 0 unspecified atom stereocenters. The molecule has 21 heavy (non-hydrogen) atoms. The van der Waals surface area contributed by atoms with Crippen molar-refractivity contribution in [3.8, 4) is 0 Å². The molecule has 2 aromatic rings. The molecule has 0 saturated carbocycles. The zero-order valence-electron chi connectivity index (χ0n) is 11.5. The van der Waals surface area contributed by atoms with Crippen LogP contribution in [0.2, 0.25) is 0 Å². The lowest BCUT2D eigenvalue weighted by atomic mass is 10.2. The van der Waals surface area contributed by atoms with Gasteiger partial charge in [-0.2, -0.15) is 0 Å². The van der Waals surface area contributed by atoms with Crippen molar-refractivity contribution in [2.75, 3.05) is 7.05 Å². The molecule has 0 aliphatic rings. The molecule has 2 heterocycles. The van der Waals surface area contributed by atoms with Crippen molar-refractivity contribution >= 4 is 40.6 Å². The summed E-state index contributed by atoms with van der Waals surface area (Å²) in [5, 5.41) is 12.5. The van der Waals surface area contributed by atoms with Crippen LogP contribution in [-0.2, 0) is 22.6 Å². The third-order valence-electron chi connectivity index (χ3n) is 2.82. The lowest BCUT2D eigenvalue weighted by Gasteiger charge is -2.15. The van der Waals surface area contributed by atoms with E-state index in [2.05, 4.69) is 0 Å².